The molecule has 1 N–H and O–H groups in total. The molecule has 1 aliphatic rings. The first-order valence-corrected chi connectivity index (χ1v) is 7.93. The number of rotatable bonds is 5. The zero-order chi connectivity index (χ0) is 16.7. The molecule has 23 heavy (non-hydrogen) atoms. The van der Waals surface area contributed by atoms with Gasteiger partial charge in [0.25, 0.3) is 0 Å². The summed E-state index contributed by atoms with van der Waals surface area (Å²) in [5, 5.41) is 2.73. The first-order chi connectivity index (χ1) is 11.1. The van der Waals surface area contributed by atoms with Gasteiger partial charge < -0.3 is 19.7 Å². The van der Waals surface area contributed by atoms with Gasteiger partial charge in [0.2, 0.25) is 11.8 Å². The summed E-state index contributed by atoms with van der Waals surface area (Å²) in [7, 11) is 3.09. The number of methoxy groups -OCH3 is 2. The Morgan fingerprint density at radius 2 is 1.70 bits per heavy atom. The van der Waals surface area contributed by atoms with Crippen LogP contribution in [0.15, 0.2) is 18.2 Å². The molecule has 0 unspecified atom stereocenters. The van der Waals surface area contributed by atoms with Crippen LogP contribution in [0.3, 0.4) is 0 Å². The summed E-state index contributed by atoms with van der Waals surface area (Å²) in [6.07, 6.45) is 4.21. The predicted molar refractivity (Wildman–Crippen MR) is 87.8 cm³/mol. The Morgan fingerprint density at radius 1 is 1.04 bits per heavy atom. The van der Waals surface area contributed by atoms with Crippen LogP contribution < -0.4 is 14.8 Å². The highest BCUT2D eigenvalue weighted by Gasteiger charge is 2.18. The van der Waals surface area contributed by atoms with Gasteiger partial charge in [-0.3, -0.25) is 9.59 Å². The lowest BCUT2D eigenvalue weighted by molar-refractivity contribution is -0.134. The molecule has 2 amide bonds. The smallest absolute Gasteiger partial charge is 0.233 e. The van der Waals surface area contributed by atoms with Crippen molar-refractivity contribution in [1.29, 1.82) is 0 Å². The lowest BCUT2D eigenvalue weighted by atomic mass is 10.2. The van der Waals surface area contributed by atoms with Gasteiger partial charge in [-0.15, -0.1) is 0 Å². The van der Waals surface area contributed by atoms with Gasteiger partial charge in [-0.05, 0) is 25.0 Å². The van der Waals surface area contributed by atoms with Crippen molar-refractivity contribution < 1.29 is 19.1 Å². The highest BCUT2D eigenvalue weighted by Crippen LogP contribution is 2.29. The number of carbonyl (C=O) groups excluding carboxylic acids is 2. The molecule has 0 saturated carbocycles. The predicted octanol–water partition coefficient (Wildman–Crippen LogP) is 2.44. The van der Waals surface area contributed by atoms with E-state index >= 15 is 0 Å². The Hall–Kier alpha value is -2.24. The van der Waals surface area contributed by atoms with E-state index in [2.05, 4.69) is 5.32 Å². The van der Waals surface area contributed by atoms with Crippen molar-refractivity contribution in [3.05, 3.63) is 18.2 Å². The van der Waals surface area contributed by atoms with Crippen molar-refractivity contribution in [2.75, 3.05) is 32.6 Å². The second-order valence-corrected chi connectivity index (χ2v) is 5.59. The molecule has 1 aromatic rings. The van der Waals surface area contributed by atoms with Crippen LogP contribution in [-0.4, -0.2) is 44.0 Å². The molecule has 1 aliphatic heterocycles. The van der Waals surface area contributed by atoms with Crippen LogP contribution in [0.25, 0.3) is 0 Å². The monoisotopic (exact) mass is 320 g/mol. The maximum Gasteiger partial charge on any atom is 0.233 e. The van der Waals surface area contributed by atoms with Crippen molar-refractivity contribution in [2.45, 2.75) is 32.1 Å². The topological polar surface area (TPSA) is 67.9 Å². The molecule has 6 nitrogen and oxygen atoms in total. The summed E-state index contributed by atoms with van der Waals surface area (Å²) in [4.78, 5) is 26.1. The molecular weight excluding hydrogens is 296 g/mol. The van der Waals surface area contributed by atoms with E-state index in [1.807, 2.05) is 0 Å². The number of hydrogen-bond acceptors (Lipinski definition) is 4. The Labute approximate surface area is 136 Å². The number of nitrogens with zero attached hydrogens (tertiary/aromatic N) is 1. The summed E-state index contributed by atoms with van der Waals surface area (Å²) in [6, 6.07) is 5.11. The van der Waals surface area contributed by atoms with E-state index in [1.54, 1.807) is 30.2 Å². The van der Waals surface area contributed by atoms with Crippen LogP contribution in [0.2, 0.25) is 0 Å². The molecule has 0 spiro atoms. The Morgan fingerprint density at radius 3 is 2.30 bits per heavy atom. The van der Waals surface area contributed by atoms with E-state index in [-0.39, 0.29) is 18.2 Å². The van der Waals surface area contributed by atoms with Gasteiger partial charge in [0.15, 0.2) is 11.5 Å². The Balaban J connectivity index is 1.92. The van der Waals surface area contributed by atoms with Crippen LogP contribution >= 0.6 is 0 Å². The minimum atomic E-state index is -0.313. The number of ether oxygens (including phenoxy) is 2. The molecule has 1 fully saturated rings. The maximum absolute atomic E-state index is 12.2. The minimum absolute atomic E-state index is 0.107. The van der Waals surface area contributed by atoms with E-state index < -0.39 is 0 Å². The lowest BCUT2D eigenvalue weighted by Crippen LogP contribution is -2.34. The summed E-state index contributed by atoms with van der Waals surface area (Å²) >= 11 is 0. The third-order valence-corrected chi connectivity index (χ3v) is 3.94. The molecule has 1 aromatic carbocycles. The second-order valence-electron chi connectivity index (χ2n) is 5.59. The third-order valence-electron chi connectivity index (χ3n) is 3.94. The van der Waals surface area contributed by atoms with E-state index in [1.165, 1.54) is 7.11 Å². The highest BCUT2D eigenvalue weighted by atomic mass is 16.5. The summed E-state index contributed by atoms with van der Waals surface area (Å²) in [6.45, 7) is 1.50. The van der Waals surface area contributed by atoms with Crippen LogP contribution in [0.1, 0.15) is 32.1 Å². The highest BCUT2D eigenvalue weighted by molar-refractivity contribution is 6.03. The number of nitrogens with one attached hydrogen (secondary N) is 1. The minimum Gasteiger partial charge on any atom is -0.493 e. The summed E-state index contributed by atoms with van der Waals surface area (Å²) in [5.74, 6) is 0.701. The van der Waals surface area contributed by atoms with Gasteiger partial charge in [0.05, 0.1) is 14.2 Å². The van der Waals surface area contributed by atoms with E-state index in [0.29, 0.717) is 17.2 Å². The van der Waals surface area contributed by atoms with Gasteiger partial charge in [-0.2, -0.15) is 0 Å². The zero-order valence-corrected chi connectivity index (χ0v) is 13.8. The van der Waals surface area contributed by atoms with Gasteiger partial charge in [0, 0.05) is 24.8 Å². The first kappa shape index (κ1) is 17.1. The van der Waals surface area contributed by atoms with Crippen LogP contribution in [0.4, 0.5) is 5.69 Å². The molecule has 1 heterocycles. The number of benzene rings is 1. The first-order valence-electron chi connectivity index (χ1n) is 7.93. The standard InChI is InChI=1S/C17H24N2O4/c1-22-14-8-7-13(11-15(14)23-2)18-16(20)12-17(21)19-9-5-3-4-6-10-19/h7-8,11H,3-6,9-10,12H2,1-2H3,(H,18,20). The number of hydrogen-bond donors (Lipinski definition) is 1. The molecule has 0 aliphatic carbocycles. The number of carbonyl (C=O) groups is 2. The van der Waals surface area contributed by atoms with E-state index in [9.17, 15) is 9.59 Å². The number of anilines is 1. The fourth-order valence-corrected chi connectivity index (χ4v) is 2.69. The molecule has 126 valence electrons. The van der Waals surface area contributed by atoms with Crippen molar-refractivity contribution in [2.24, 2.45) is 0 Å². The van der Waals surface area contributed by atoms with Crippen LogP contribution in [-0.2, 0) is 9.59 Å². The molecule has 0 aromatic heterocycles. The largest absolute Gasteiger partial charge is 0.493 e. The average Bonchev–Trinajstić information content (AvgIpc) is 2.83. The van der Waals surface area contributed by atoms with Crippen molar-refractivity contribution >= 4 is 17.5 Å². The molecule has 2 rings (SSSR count). The SMILES string of the molecule is COc1ccc(NC(=O)CC(=O)N2CCCCCC2)cc1OC. The van der Waals surface area contributed by atoms with Crippen LogP contribution in [0, 0.1) is 0 Å². The van der Waals surface area contributed by atoms with Gasteiger partial charge in [0.1, 0.15) is 6.42 Å². The Bertz CT molecular complexity index is 552. The van der Waals surface area contributed by atoms with E-state index in [0.717, 1.165) is 38.8 Å². The summed E-state index contributed by atoms with van der Waals surface area (Å²) < 4.78 is 10.4. The van der Waals surface area contributed by atoms with E-state index in [4.69, 9.17) is 9.47 Å². The second kappa shape index (κ2) is 8.41. The quantitative estimate of drug-likeness (QED) is 0.846. The Kier molecular flexibility index (Phi) is 6.26. The molecular formula is C17H24N2O4. The number of amides is 2. The van der Waals surface area contributed by atoms with Gasteiger partial charge >= 0.3 is 0 Å². The normalized spacial score (nSPS) is 14.8. The van der Waals surface area contributed by atoms with Crippen LogP contribution in [0.5, 0.6) is 11.5 Å². The molecule has 6 heteroatoms. The molecule has 0 radical (unpaired) electrons. The van der Waals surface area contributed by atoms with Gasteiger partial charge in [-0.1, -0.05) is 12.8 Å². The van der Waals surface area contributed by atoms with Crippen molar-refractivity contribution in [1.82, 2.24) is 4.90 Å². The van der Waals surface area contributed by atoms with Gasteiger partial charge in [-0.25, -0.2) is 0 Å². The third kappa shape index (κ3) is 4.87. The summed E-state index contributed by atoms with van der Waals surface area (Å²) in [5.41, 5.74) is 0.580. The number of likely N-dealkylation sites (tertiary alicyclic amines) is 1. The molecule has 0 bridgehead atoms. The molecule has 1 saturated heterocycles. The maximum atomic E-state index is 12.2. The fraction of sp³-hybridized carbons (Fsp3) is 0.529. The lowest BCUT2D eigenvalue weighted by Gasteiger charge is -2.20. The average molecular weight is 320 g/mol. The fourth-order valence-electron chi connectivity index (χ4n) is 2.69. The molecule has 0 atom stereocenters. The van der Waals surface area contributed by atoms with Crippen molar-refractivity contribution in [3.63, 3.8) is 0 Å². The zero-order valence-electron chi connectivity index (χ0n) is 13.8. The van der Waals surface area contributed by atoms with Crippen molar-refractivity contribution in [3.8, 4) is 11.5 Å².